The van der Waals surface area contributed by atoms with Crippen LogP contribution in [-0.4, -0.2) is 39.2 Å². The average molecular weight is 289 g/mol. The zero-order valence-corrected chi connectivity index (χ0v) is 10.6. The molecule has 0 aliphatic heterocycles. The first-order valence-electron chi connectivity index (χ1n) is 4.90. The van der Waals surface area contributed by atoms with Crippen molar-refractivity contribution in [1.82, 2.24) is 4.89 Å². The van der Waals surface area contributed by atoms with Crippen LogP contribution in [0.2, 0.25) is 0 Å². The third-order valence-electron chi connectivity index (χ3n) is 1.93. The van der Waals surface area contributed by atoms with E-state index >= 15 is 0 Å². The number of carboxylic acid groups (broad SMARTS) is 1. The number of sulfonamides is 1. The topological polar surface area (TPSA) is 119 Å². The van der Waals surface area contributed by atoms with Crippen molar-refractivity contribution in [2.45, 2.75) is 4.90 Å². The number of nitrogens with one attached hydrogen (secondary N) is 1. The van der Waals surface area contributed by atoms with Crippen molar-refractivity contribution in [2.75, 3.05) is 13.7 Å². The van der Waals surface area contributed by atoms with Crippen LogP contribution in [0.3, 0.4) is 0 Å². The first-order chi connectivity index (χ1) is 8.86. The van der Waals surface area contributed by atoms with Gasteiger partial charge in [-0.25, -0.2) is 18.0 Å². The van der Waals surface area contributed by atoms with Gasteiger partial charge in [0.1, 0.15) is 0 Å². The molecule has 0 heterocycles. The molecule has 0 atom stereocenters. The van der Waals surface area contributed by atoms with E-state index in [4.69, 9.17) is 5.11 Å². The van der Waals surface area contributed by atoms with Crippen LogP contribution in [0.5, 0.6) is 0 Å². The van der Waals surface area contributed by atoms with Gasteiger partial charge in [0.05, 0.1) is 17.6 Å². The third-order valence-corrected chi connectivity index (χ3v) is 3.14. The molecule has 0 aliphatic rings. The van der Waals surface area contributed by atoms with Gasteiger partial charge in [0, 0.05) is 0 Å². The molecular formula is C10H11NO7S. The van der Waals surface area contributed by atoms with E-state index in [1.807, 2.05) is 0 Å². The van der Waals surface area contributed by atoms with Gasteiger partial charge < -0.3 is 9.84 Å². The first kappa shape index (κ1) is 15.1. The number of carbonyl (C=O) groups is 2. The first-order valence-corrected chi connectivity index (χ1v) is 6.39. The van der Waals surface area contributed by atoms with Crippen molar-refractivity contribution in [3.63, 3.8) is 0 Å². The Morgan fingerprint density at radius 2 is 2.05 bits per heavy atom. The largest absolute Gasteiger partial charge is 0.479 e. The van der Waals surface area contributed by atoms with Gasteiger partial charge in [0.25, 0.3) is 10.0 Å². The van der Waals surface area contributed by atoms with Crippen molar-refractivity contribution >= 4 is 22.0 Å². The maximum Gasteiger partial charge on any atom is 0.337 e. The molecule has 0 unspecified atom stereocenters. The van der Waals surface area contributed by atoms with Crippen LogP contribution in [0.4, 0.5) is 0 Å². The number of esters is 1. The minimum absolute atomic E-state index is 0.0450. The maximum atomic E-state index is 11.7. The summed E-state index contributed by atoms with van der Waals surface area (Å²) in [4.78, 5) is 27.1. The molecule has 0 saturated heterocycles. The Morgan fingerprint density at radius 1 is 1.37 bits per heavy atom. The van der Waals surface area contributed by atoms with Crippen LogP contribution in [-0.2, 0) is 24.4 Å². The van der Waals surface area contributed by atoms with Crippen LogP contribution in [0, 0.1) is 0 Å². The summed E-state index contributed by atoms with van der Waals surface area (Å²) in [5.41, 5.74) is 0.0450. The zero-order valence-electron chi connectivity index (χ0n) is 9.82. The Morgan fingerprint density at radius 3 is 2.63 bits per heavy atom. The quantitative estimate of drug-likeness (QED) is 0.548. The molecule has 19 heavy (non-hydrogen) atoms. The van der Waals surface area contributed by atoms with Crippen molar-refractivity contribution in [1.29, 1.82) is 0 Å². The molecule has 0 bridgehead atoms. The number of methoxy groups -OCH3 is 1. The fraction of sp³-hybridized carbons (Fsp3) is 0.200. The highest BCUT2D eigenvalue weighted by Crippen LogP contribution is 2.12. The summed E-state index contributed by atoms with van der Waals surface area (Å²) < 4.78 is 27.8. The van der Waals surface area contributed by atoms with Gasteiger partial charge in [-0.2, -0.15) is 0 Å². The number of carbonyl (C=O) groups excluding carboxylic acids is 1. The number of hydrogen-bond donors (Lipinski definition) is 2. The molecule has 0 spiro atoms. The fourth-order valence-electron chi connectivity index (χ4n) is 1.12. The summed E-state index contributed by atoms with van der Waals surface area (Å²) in [6, 6.07) is 5.03. The lowest BCUT2D eigenvalue weighted by Gasteiger charge is -2.06. The number of rotatable bonds is 6. The summed E-state index contributed by atoms with van der Waals surface area (Å²) in [6.45, 7) is -0.823. The van der Waals surface area contributed by atoms with Crippen LogP contribution in [0.25, 0.3) is 0 Å². The summed E-state index contributed by atoms with van der Waals surface area (Å²) >= 11 is 0. The molecule has 1 rings (SSSR count). The lowest BCUT2D eigenvalue weighted by atomic mass is 10.2. The molecule has 1 aromatic rings. The minimum atomic E-state index is -4.06. The monoisotopic (exact) mass is 289 g/mol. The van der Waals surface area contributed by atoms with Gasteiger partial charge in [-0.05, 0) is 18.2 Å². The van der Waals surface area contributed by atoms with Gasteiger partial charge >= 0.3 is 11.9 Å². The Hall–Kier alpha value is -1.97. The normalized spacial score (nSPS) is 11.0. The number of benzene rings is 1. The molecule has 8 nitrogen and oxygen atoms in total. The predicted molar refractivity (Wildman–Crippen MR) is 61.7 cm³/mol. The van der Waals surface area contributed by atoms with E-state index in [0.717, 1.165) is 13.2 Å². The molecule has 1 aromatic carbocycles. The minimum Gasteiger partial charge on any atom is -0.479 e. The molecule has 104 valence electrons. The highest BCUT2D eigenvalue weighted by molar-refractivity contribution is 7.89. The number of ether oxygens (including phenoxy) is 1. The molecule has 0 saturated carbocycles. The van der Waals surface area contributed by atoms with Gasteiger partial charge in [-0.15, -0.1) is 0 Å². The molecular weight excluding hydrogens is 278 g/mol. The maximum absolute atomic E-state index is 11.7. The molecule has 0 radical (unpaired) electrons. The second-order valence-electron chi connectivity index (χ2n) is 3.29. The van der Waals surface area contributed by atoms with E-state index in [-0.39, 0.29) is 10.5 Å². The summed E-state index contributed by atoms with van der Waals surface area (Å²) in [5, 5.41) is 8.31. The van der Waals surface area contributed by atoms with E-state index in [1.165, 1.54) is 18.2 Å². The smallest absolute Gasteiger partial charge is 0.337 e. The standard InChI is InChI=1S/C10H11NO7S/c1-17-10(14)7-3-2-4-8(5-7)19(15,16)11-18-6-9(12)13/h2-5,11H,6H2,1H3,(H,12,13). The van der Waals surface area contributed by atoms with Crippen molar-refractivity contribution in [2.24, 2.45) is 0 Å². The van der Waals surface area contributed by atoms with Gasteiger partial charge in [0.15, 0.2) is 6.61 Å². The molecule has 0 aliphatic carbocycles. The van der Waals surface area contributed by atoms with Crippen LogP contribution >= 0.6 is 0 Å². The molecule has 0 fully saturated rings. The highest BCUT2D eigenvalue weighted by Gasteiger charge is 2.17. The van der Waals surface area contributed by atoms with Gasteiger partial charge in [0.2, 0.25) is 0 Å². The molecule has 0 amide bonds. The molecule has 0 aromatic heterocycles. The lowest BCUT2D eigenvalue weighted by molar-refractivity contribution is -0.143. The fourth-order valence-corrected chi connectivity index (χ4v) is 1.98. The summed E-state index contributed by atoms with van der Waals surface area (Å²) in [7, 11) is -2.90. The summed E-state index contributed by atoms with van der Waals surface area (Å²) in [6.07, 6.45) is 0. The van der Waals surface area contributed by atoms with E-state index in [2.05, 4.69) is 9.57 Å². The van der Waals surface area contributed by atoms with Crippen molar-refractivity contribution in [3.8, 4) is 0 Å². The molecule has 9 heteroatoms. The van der Waals surface area contributed by atoms with Crippen LogP contribution < -0.4 is 4.89 Å². The third kappa shape index (κ3) is 4.32. The second-order valence-corrected chi connectivity index (χ2v) is 4.93. The van der Waals surface area contributed by atoms with E-state index < -0.39 is 28.6 Å². The second kappa shape index (κ2) is 6.27. The Labute approximate surface area is 109 Å². The highest BCUT2D eigenvalue weighted by atomic mass is 32.2. The Kier molecular flexibility index (Phi) is 4.98. The average Bonchev–Trinajstić information content (AvgIpc) is 2.37. The zero-order chi connectivity index (χ0) is 14.5. The van der Waals surface area contributed by atoms with Crippen LogP contribution in [0.1, 0.15) is 10.4 Å². The van der Waals surface area contributed by atoms with E-state index in [1.54, 1.807) is 4.89 Å². The Balaban J connectivity index is 2.89. The SMILES string of the molecule is COC(=O)c1cccc(S(=O)(=O)NOCC(=O)O)c1. The van der Waals surface area contributed by atoms with Gasteiger partial charge in [-0.1, -0.05) is 11.0 Å². The lowest BCUT2D eigenvalue weighted by Crippen LogP contribution is -2.27. The van der Waals surface area contributed by atoms with E-state index in [9.17, 15) is 18.0 Å². The number of carboxylic acids is 1. The van der Waals surface area contributed by atoms with Crippen LogP contribution in [0.15, 0.2) is 29.2 Å². The van der Waals surface area contributed by atoms with Gasteiger partial charge in [-0.3, -0.25) is 4.84 Å². The molecule has 2 N–H and O–H groups in total. The van der Waals surface area contributed by atoms with Crippen molar-refractivity contribution in [3.05, 3.63) is 29.8 Å². The van der Waals surface area contributed by atoms with Crippen molar-refractivity contribution < 1.29 is 32.7 Å². The Bertz CT molecular complexity index is 581. The number of hydrogen-bond acceptors (Lipinski definition) is 6. The number of aliphatic carboxylic acids is 1. The summed E-state index contributed by atoms with van der Waals surface area (Å²) in [5.74, 6) is -2.02. The van der Waals surface area contributed by atoms with E-state index in [0.29, 0.717) is 0 Å². The predicted octanol–water partition coefficient (Wildman–Crippen LogP) is -0.232.